The Bertz CT molecular complexity index is 1260. The first-order valence-corrected chi connectivity index (χ1v) is 10.3. The van der Waals surface area contributed by atoms with Gasteiger partial charge in [0.1, 0.15) is 5.75 Å². The minimum absolute atomic E-state index is 0.0838. The van der Waals surface area contributed by atoms with Crippen molar-refractivity contribution in [2.24, 2.45) is 0 Å². The lowest BCUT2D eigenvalue weighted by Crippen LogP contribution is -2.28. The number of rotatable bonds is 6. The molecule has 5 rings (SSSR count). The summed E-state index contributed by atoms with van der Waals surface area (Å²) in [6, 6.07) is 8.86. The summed E-state index contributed by atoms with van der Waals surface area (Å²) in [5.41, 5.74) is 2.36. The third kappa shape index (κ3) is 3.84. The number of Topliss-reactive ketones (excluding diaryl/α,β-unsaturated/α-hetero) is 1. The molecule has 3 aromatic rings. The number of benzene rings is 2. The molecule has 0 saturated heterocycles. The van der Waals surface area contributed by atoms with Gasteiger partial charge >= 0.3 is 5.76 Å². The van der Waals surface area contributed by atoms with E-state index in [0.717, 1.165) is 24.1 Å². The highest BCUT2D eigenvalue weighted by Crippen LogP contribution is 2.43. The number of nitrogens with one attached hydrogen (secondary N) is 1. The first-order valence-electron chi connectivity index (χ1n) is 9.59. The van der Waals surface area contributed by atoms with E-state index in [2.05, 4.69) is 14.7 Å². The summed E-state index contributed by atoms with van der Waals surface area (Å²) in [5.74, 6) is -0.572. The Balaban J connectivity index is 1.37. The number of anilines is 1. The molecule has 1 amide bonds. The average molecular weight is 460 g/mol. The van der Waals surface area contributed by atoms with Gasteiger partial charge in [-0.1, -0.05) is 34.4 Å². The maximum atomic E-state index is 12.3. The molecular formula is C21H15Cl2N3O5. The van der Waals surface area contributed by atoms with Gasteiger partial charge in [-0.2, -0.15) is 0 Å². The minimum atomic E-state index is -0.806. The van der Waals surface area contributed by atoms with Crippen LogP contribution in [0.3, 0.4) is 0 Å². The van der Waals surface area contributed by atoms with E-state index in [0.29, 0.717) is 17.7 Å². The summed E-state index contributed by atoms with van der Waals surface area (Å²) < 4.78 is 10.3. The lowest BCUT2D eigenvalue weighted by Gasteiger charge is -2.18. The number of fused-ring (bicyclic) bond motifs is 1. The molecular weight excluding hydrogens is 445 g/mol. The van der Waals surface area contributed by atoms with E-state index < -0.39 is 11.5 Å². The summed E-state index contributed by atoms with van der Waals surface area (Å²) in [6.45, 7) is 0. The van der Waals surface area contributed by atoms with E-state index in [4.69, 9.17) is 27.9 Å². The predicted molar refractivity (Wildman–Crippen MR) is 112 cm³/mol. The molecule has 1 N–H and O–H groups in total. The zero-order valence-electron chi connectivity index (χ0n) is 16.0. The van der Waals surface area contributed by atoms with Gasteiger partial charge in [0, 0.05) is 18.5 Å². The Morgan fingerprint density at radius 1 is 1.19 bits per heavy atom. The van der Waals surface area contributed by atoms with E-state index in [1.54, 1.807) is 18.2 Å². The molecule has 1 aliphatic carbocycles. The van der Waals surface area contributed by atoms with Crippen LogP contribution in [-0.4, -0.2) is 27.9 Å². The average Bonchev–Trinajstić information content (AvgIpc) is 3.36. The standard InChI is InChI=1S/C21H15Cl2N3O5/c22-14-5-10(7-17(27)20-24-21(29)31-25-20)6-15(23)19(14)30-13-4-1-11-8-18(28)26(12-2-3-12)16(11)9-13/h1,4-6,9,12H,2-3,7-8H2,(H,24,25,29). The van der Waals surface area contributed by atoms with Gasteiger partial charge in [0.2, 0.25) is 17.5 Å². The SMILES string of the molecule is O=C(Cc1cc(Cl)c(Oc2ccc3c(c2)N(C2CC2)C(=O)C3)c(Cl)c1)c1noc(=O)[nH]1. The van der Waals surface area contributed by atoms with Crippen LogP contribution in [0, 0.1) is 0 Å². The van der Waals surface area contributed by atoms with Crippen LogP contribution in [0.1, 0.15) is 34.6 Å². The second kappa shape index (κ2) is 7.55. The third-order valence-corrected chi connectivity index (χ3v) is 5.75. The van der Waals surface area contributed by atoms with Gasteiger partial charge in [-0.05, 0) is 42.2 Å². The first-order chi connectivity index (χ1) is 14.9. The van der Waals surface area contributed by atoms with Crippen LogP contribution < -0.4 is 15.4 Å². The van der Waals surface area contributed by atoms with Crippen molar-refractivity contribution in [3.63, 3.8) is 0 Å². The largest absolute Gasteiger partial charge is 0.454 e. The molecule has 1 aliphatic heterocycles. The zero-order valence-corrected chi connectivity index (χ0v) is 17.5. The van der Waals surface area contributed by atoms with Crippen LogP contribution >= 0.6 is 23.2 Å². The van der Waals surface area contributed by atoms with Gasteiger partial charge in [0.25, 0.3) is 0 Å². The number of hydrogen-bond donors (Lipinski definition) is 1. The van der Waals surface area contributed by atoms with Crippen LogP contribution in [-0.2, 0) is 17.6 Å². The second-order valence-corrected chi connectivity index (χ2v) is 8.31. The third-order valence-electron chi connectivity index (χ3n) is 5.19. The molecule has 10 heteroatoms. The molecule has 0 bridgehead atoms. The fourth-order valence-corrected chi connectivity index (χ4v) is 4.25. The van der Waals surface area contributed by atoms with Crippen molar-refractivity contribution in [2.75, 3.05) is 4.90 Å². The number of hydrogen-bond acceptors (Lipinski definition) is 6. The summed E-state index contributed by atoms with van der Waals surface area (Å²) in [7, 11) is 0. The van der Waals surface area contributed by atoms with Crippen molar-refractivity contribution in [1.82, 2.24) is 10.1 Å². The van der Waals surface area contributed by atoms with Gasteiger partial charge in [-0.3, -0.25) is 19.1 Å². The maximum absolute atomic E-state index is 12.3. The number of amides is 1. The topological polar surface area (TPSA) is 106 Å². The Hall–Kier alpha value is -3.10. The molecule has 2 aromatic carbocycles. The molecule has 0 unspecified atom stereocenters. The molecule has 0 atom stereocenters. The minimum Gasteiger partial charge on any atom is -0.454 e. The number of aromatic amines is 1. The second-order valence-electron chi connectivity index (χ2n) is 7.50. The van der Waals surface area contributed by atoms with Crippen molar-refractivity contribution in [3.05, 3.63) is 67.9 Å². The molecule has 1 saturated carbocycles. The number of carbonyl (C=O) groups is 2. The number of H-pyrrole nitrogens is 1. The number of aromatic nitrogens is 2. The Labute approximate surface area is 185 Å². The Morgan fingerprint density at radius 2 is 1.94 bits per heavy atom. The van der Waals surface area contributed by atoms with E-state index in [9.17, 15) is 14.4 Å². The van der Waals surface area contributed by atoms with Gasteiger partial charge in [0.05, 0.1) is 22.2 Å². The van der Waals surface area contributed by atoms with Gasteiger partial charge < -0.3 is 9.64 Å². The van der Waals surface area contributed by atoms with E-state index in [1.165, 1.54) is 0 Å². The van der Waals surface area contributed by atoms with E-state index in [1.807, 2.05) is 17.0 Å². The molecule has 2 heterocycles. The molecule has 8 nitrogen and oxygen atoms in total. The van der Waals surface area contributed by atoms with Crippen molar-refractivity contribution < 1.29 is 18.8 Å². The zero-order chi connectivity index (χ0) is 21.7. The summed E-state index contributed by atoms with van der Waals surface area (Å²) in [4.78, 5) is 39.6. The normalized spacial score (nSPS) is 15.3. The summed E-state index contributed by atoms with van der Waals surface area (Å²) in [5, 5.41) is 3.82. The maximum Gasteiger partial charge on any atom is 0.439 e. The number of carbonyl (C=O) groups excluding carboxylic acids is 2. The van der Waals surface area contributed by atoms with Gasteiger partial charge in [-0.15, -0.1) is 0 Å². The highest BCUT2D eigenvalue weighted by Gasteiger charge is 2.38. The lowest BCUT2D eigenvalue weighted by molar-refractivity contribution is -0.117. The fourth-order valence-electron chi connectivity index (χ4n) is 3.65. The smallest absolute Gasteiger partial charge is 0.439 e. The van der Waals surface area contributed by atoms with Crippen LogP contribution in [0.25, 0.3) is 0 Å². The molecule has 1 aromatic heterocycles. The molecule has 2 aliphatic rings. The van der Waals surface area contributed by atoms with Crippen molar-refractivity contribution >= 4 is 40.6 Å². The molecule has 0 radical (unpaired) electrons. The highest BCUT2D eigenvalue weighted by molar-refractivity contribution is 6.37. The quantitative estimate of drug-likeness (QED) is 0.559. The van der Waals surface area contributed by atoms with E-state index >= 15 is 0 Å². The Morgan fingerprint density at radius 3 is 2.58 bits per heavy atom. The van der Waals surface area contributed by atoms with Crippen molar-refractivity contribution in [3.8, 4) is 11.5 Å². The van der Waals surface area contributed by atoms with Crippen LogP contribution in [0.4, 0.5) is 5.69 Å². The number of ketones is 1. The number of ether oxygens (including phenoxy) is 1. The van der Waals surface area contributed by atoms with Crippen LogP contribution in [0.15, 0.2) is 39.6 Å². The molecule has 0 spiro atoms. The van der Waals surface area contributed by atoms with Gasteiger partial charge in [0.15, 0.2) is 5.75 Å². The predicted octanol–water partition coefficient (Wildman–Crippen LogP) is 3.94. The van der Waals surface area contributed by atoms with Crippen molar-refractivity contribution in [1.29, 1.82) is 0 Å². The molecule has 31 heavy (non-hydrogen) atoms. The van der Waals surface area contributed by atoms with Crippen LogP contribution in [0.5, 0.6) is 11.5 Å². The summed E-state index contributed by atoms with van der Waals surface area (Å²) >= 11 is 12.7. The van der Waals surface area contributed by atoms with Crippen LogP contribution in [0.2, 0.25) is 10.0 Å². The van der Waals surface area contributed by atoms with E-state index in [-0.39, 0.29) is 40.0 Å². The molecule has 158 valence electrons. The fraction of sp³-hybridized carbons (Fsp3) is 0.238. The van der Waals surface area contributed by atoms with Crippen molar-refractivity contribution in [2.45, 2.75) is 31.7 Å². The number of nitrogens with zero attached hydrogens (tertiary/aromatic N) is 2. The first kappa shape index (κ1) is 19.8. The monoisotopic (exact) mass is 459 g/mol. The molecule has 1 fully saturated rings. The van der Waals surface area contributed by atoms with Gasteiger partial charge in [-0.25, -0.2) is 4.79 Å². The summed E-state index contributed by atoms with van der Waals surface area (Å²) in [6.07, 6.45) is 2.33. The number of halogens is 2. The highest BCUT2D eigenvalue weighted by atomic mass is 35.5. The lowest BCUT2D eigenvalue weighted by atomic mass is 10.1. The Kier molecular flexibility index (Phi) is 4.83.